The first-order valence-electron chi connectivity index (χ1n) is 9.44. The van der Waals surface area contributed by atoms with Crippen LogP contribution >= 0.6 is 22.9 Å². The number of nitrogens with zero attached hydrogens (tertiary/aromatic N) is 3. The first-order valence-corrected chi connectivity index (χ1v) is 10.6. The highest BCUT2D eigenvalue weighted by molar-refractivity contribution is 7.18. The summed E-state index contributed by atoms with van der Waals surface area (Å²) in [4.78, 5) is 33.3. The summed E-state index contributed by atoms with van der Waals surface area (Å²) in [6.45, 7) is 3.85. The lowest BCUT2D eigenvalue weighted by Crippen LogP contribution is -2.32. The third-order valence-electron chi connectivity index (χ3n) is 4.22. The first-order chi connectivity index (χ1) is 14.8. The summed E-state index contributed by atoms with van der Waals surface area (Å²) in [5, 5.41) is 7.41. The van der Waals surface area contributed by atoms with Crippen molar-refractivity contribution in [1.29, 1.82) is 0 Å². The Bertz CT molecular complexity index is 1150. The Labute approximate surface area is 189 Å². The quantitative estimate of drug-likeness (QED) is 0.250. The molecule has 9 heteroatoms. The van der Waals surface area contributed by atoms with Crippen LogP contribution in [0.5, 0.6) is 0 Å². The lowest BCUT2D eigenvalue weighted by molar-refractivity contribution is -0.119. The topological polar surface area (TPSA) is 86.7 Å². The van der Waals surface area contributed by atoms with Gasteiger partial charge in [0.15, 0.2) is 6.29 Å². The van der Waals surface area contributed by atoms with E-state index < -0.39 is 0 Å². The molecule has 1 amide bonds. The van der Waals surface area contributed by atoms with Gasteiger partial charge >= 0.3 is 0 Å². The maximum atomic E-state index is 11.3. The summed E-state index contributed by atoms with van der Waals surface area (Å²) in [5.74, 6) is 0.156. The number of benzene rings is 2. The number of halogens is 1. The van der Waals surface area contributed by atoms with Crippen LogP contribution in [0.1, 0.15) is 17.5 Å². The molecule has 0 fully saturated rings. The second kappa shape index (κ2) is 10.2. The fraction of sp³-hybridized carbons (Fsp3) is 0.182. The molecule has 0 saturated heterocycles. The van der Waals surface area contributed by atoms with Crippen LogP contribution in [0.15, 0.2) is 59.4 Å². The molecule has 3 rings (SSSR count). The lowest BCUT2D eigenvalue weighted by atomic mass is 10.2. The van der Waals surface area contributed by atoms with Gasteiger partial charge in [-0.25, -0.2) is 9.98 Å². The molecule has 160 valence electrons. The monoisotopic (exact) mass is 455 g/mol. The van der Waals surface area contributed by atoms with E-state index in [0.29, 0.717) is 23.8 Å². The maximum Gasteiger partial charge on any atom is 0.221 e. The normalized spacial score (nSPS) is 12.0. The number of amides is 1. The Morgan fingerprint density at radius 2 is 2.00 bits per heavy atom. The number of rotatable bonds is 6. The molecule has 1 heterocycles. The largest absolute Gasteiger partial charge is 0.341 e. The van der Waals surface area contributed by atoms with Gasteiger partial charge in [0.25, 0.3) is 0 Å². The van der Waals surface area contributed by atoms with Gasteiger partial charge in [0.2, 0.25) is 11.9 Å². The number of carbonyl (C=O) groups is 2. The smallest absolute Gasteiger partial charge is 0.221 e. The average molecular weight is 456 g/mol. The fourth-order valence-corrected chi connectivity index (χ4v) is 3.83. The molecule has 0 radical (unpaired) electrons. The van der Waals surface area contributed by atoms with Crippen molar-refractivity contribution in [2.75, 3.05) is 12.4 Å². The van der Waals surface area contributed by atoms with Crippen molar-refractivity contribution in [2.24, 2.45) is 4.99 Å². The zero-order chi connectivity index (χ0) is 22.4. The molecule has 2 aromatic carbocycles. The van der Waals surface area contributed by atoms with Gasteiger partial charge < -0.3 is 15.5 Å². The van der Waals surface area contributed by atoms with E-state index in [-0.39, 0.29) is 11.6 Å². The number of aryl methyl sites for hydroxylation is 1. The highest BCUT2D eigenvalue weighted by Gasteiger charge is 2.10. The van der Waals surface area contributed by atoms with Gasteiger partial charge in [-0.05, 0) is 42.8 Å². The van der Waals surface area contributed by atoms with Gasteiger partial charge in [-0.2, -0.15) is 0 Å². The number of carbonyl (C=O) groups excluding carboxylic acids is 2. The molecule has 0 aliphatic heterocycles. The third kappa shape index (κ3) is 6.37. The minimum absolute atomic E-state index is 0.0697. The minimum Gasteiger partial charge on any atom is -0.341 e. The molecular formula is C22H22ClN5O2S. The summed E-state index contributed by atoms with van der Waals surface area (Å²) in [6.07, 6.45) is 1.87. The molecule has 0 aliphatic carbocycles. The molecule has 0 atom stereocenters. The van der Waals surface area contributed by atoms with Crippen molar-refractivity contribution in [3.05, 3.63) is 70.0 Å². The van der Waals surface area contributed by atoms with Gasteiger partial charge in [-0.15, -0.1) is 11.3 Å². The molecule has 31 heavy (non-hydrogen) atoms. The molecule has 3 aromatic rings. The van der Waals surface area contributed by atoms with E-state index in [1.165, 1.54) is 13.1 Å². The van der Waals surface area contributed by atoms with Crippen molar-refractivity contribution in [3.8, 4) is 0 Å². The Kier molecular flexibility index (Phi) is 7.38. The van der Waals surface area contributed by atoms with Crippen molar-refractivity contribution in [3.63, 3.8) is 0 Å². The summed E-state index contributed by atoms with van der Waals surface area (Å²) < 4.78 is 1.06. The number of hydrogen-bond acceptors (Lipinski definition) is 5. The molecular weight excluding hydrogens is 434 g/mol. The molecule has 0 unspecified atom stereocenters. The van der Waals surface area contributed by atoms with Crippen LogP contribution in [-0.2, 0) is 16.1 Å². The van der Waals surface area contributed by atoms with Crippen molar-refractivity contribution in [1.82, 2.24) is 15.2 Å². The standard InChI is InChI=1S/C22H22ClN5O2S/c1-14(30)25-19(13-29)11-24-22(28(3)12-16-4-6-17(23)7-5-16)27-18-8-9-20-21(10-18)31-15(2)26-20/h4-11,13H,12H2,1-3H3,(H,24,27)(H,25,30)/b19-11+. The Balaban J connectivity index is 1.90. The highest BCUT2D eigenvalue weighted by Crippen LogP contribution is 2.25. The number of aldehydes is 1. The number of guanidine groups is 1. The van der Waals surface area contributed by atoms with Crippen LogP contribution in [0, 0.1) is 6.92 Å². The van der Waals surface area contributed by atoms with Crippen LogP contribution in [-0.4, -0.2) is 35.1 Å². The highest BCUT2D eigenvalue weighted by atomic mass is 35.5. The molecule has 2 N–H and O–H groups in total. The molecule has 0 bridgehead atoms. The Hall–Kier alpha value is -3.23. The second-order valence-electron chi connectivity index (χ2n) is 6.86. The van der Waals surface area contributed by atoms with Crippen molar-refractivity contribution >= 4 is 57.0 Å². The zero-order valence-corrected chi connectivity index (χ0v) is 18.9. The second-order valence-corrected chi connectivity index (χ2v) is 8.53. The van der Waals surface area contributed by atoms with E-state index in [9.17, 15) is 9.59 Å². The first kappa shape index (κ1) is 22.5. The van der Waals surface area contributed by atoms with E-state index >= 15 is 0 Å². The number of aromatic nitrogens is 1. The van der Waals surface area contributed by atoms with Gasteiger partial charge in [-0.3, -0.25) is 9.59 Å². The number of nitrogens with one attached hydrogen (secondary N) is 2. The third-order valence-corrected chi connectivity index (χ3v) is 5.40. The molecule has 0 spiro atoms. The minimum atomic E-state index is -0.344. The molecule has 0 aliphatic rings. The Morgan fingerprint density at radius 1 is 1.26 bits per heavy atom. The van der Waals surface area contributed by atoms with E-state index in [4.69, 9.17) is 11.6 Å². The predicted molar refractivity (Wildman–Crippen MR) is 126 cm³/mol. The molecule has 0 saturated carbocycles. The van der Waals surface area contributed by atoms with Gasteiger partial charge in [0.05, 0.1) is 27.1 Å². The number of fused-ring (bicyclic) bond motifs is 1. The SMILES string of the molecule is CC(=O)N/C(C=O)=C/N=C(Nc1ccc2nc(C)sc2c1)N(C)Cc1ccc(Cl)cc1. The van der Waals surface area contributed by atoms with Crippen molar-refractivity contribution < 1.29 is 9.59 Å². The lowest BCUT2D eigenvalue weighted by Gasteiger charge is -2.22. The van der Waals surface area contributed by atoms with Crippen molar-refractivity contribution in [2.45, 2.75) is 20.4 Å². The summed E-state index contributed by atoms with van der Waals surface area (Å²) in [7, 11) is 1.88. The van der Waals surface area contributed by atoms with Crippen LogP contribution < -0.4 is 10.6 Å². The van der Waals surface area contributed by atoms with Crippen LogP contribution in [0.3, 0.4) is 0 Å². The maximum absolute atomic E-state index is 11.3. The van der Waals surface area contributed by atoms with E-state index in [2.05, 4.69) is 20.6 Å². The summed E-state index contributed by atoms with van der Waals surface area (Å²) in [5.41, 5.74) is 2.88. The van der Waals surface area contributed by atoms with E-state index in [0.717, 1.165) is 26.5 Å². The number of allylic oxidation sites excluding steroid dienone is 1. The van der Waals surface area contributed by atoms with Gasteiger partial charge in [0.1, 0.15) is 0 Å². The fourth-order valence-electron chi connectivity index (χ4n) is 2.84. The molecule has 7 nitrogen and oxygen atoms in total. The molecule has 1 aromatic heterocycles. The van der Waals surface area contributed by atoms with Crippen LogP contribution in [0.4, 0.5) is 5.69 Å². The van der Waals surface area contributed by atoms with Crippen LogP contribution in [0.2, 0.25) is 5.02 Å². The number of anilines is 1. The van der Waals surface area contributed by atoms with Crippen LogP contribution in [0.25, 0.3) is 10.2 Å². The summed E-state index contributed by atoms with van der Waals surface area (Å²) in [6, 6.07) is 13.4. The predicted octanol–water partition coefficient (Wildman–Crippen LogP) is 4.33. The zero-order valence-electron chi connectivity index (χ0n) is 17.3. The van der Waals surface area contributed by atoms with E-state index in [1.807, 2.05) is 61.3 Å². The average Bonchev–Trinajstić information content (AvgIpc) is 3.10. The van der Waals surface area contributed by atoms with Gasteiger partial charge in [-0.1, -0.05) is 23.7 Å². The number of hydrogen-bond donors (Lipinski definition) is 2. The van der Waals surface area contributed by atoms with E-state index in [1.54, 1.807) is 11.3 Å². The number of thiazole rings is 1. The number of aliphatic imine (C=N–C) groups is 1. The Morgan fingerprint density at radius 3 is 2.68 bits per heavy atom. The summed E-state index contributed by atoms with van der Waals surface area (Å²) >= 11 is 7.59. The van der Waals surface area contributed by atoms with Gasteiger partial charge in [0, 0.05) is 31.2 Å².